The van der Waals surface area contributed by atoms with Crippen molar-refractivity contribution in [1.29, 1.82) is 0 Å². The van der Waals surface area contributed by atoms with Gasteiger partial charge in [0.1, 0.15) is 18.2 Å². The van der Waals surface area contributed by atoms with Crippen molar-refractivity contribution in [2.24, 2.45) is 0 Å². The van der Waals surface area contributed by atoms with E-state index in [2.05, 4.69) is 67.4 Å². The molecule has 0 aliphatic carbocycles. The van der Waals surface area contributed by atoms with E-state index in [1.54, 1.807) is 23.4 Å². The van der Waals surface area contributed by atoms with Gasteiger partial charge in [0.2, 0.25) is 5.95 Å². The number of nitrogens with one attached hydrogen (secondary N) is 1. The van der Waals surface area contributed by atoms with Crippen molar-refractivity contribution >= 4 is 23.2 Å². The zero-order valence-corrected chi connectivity index (χ0v) is 26.6. The van der Waals surface area contributed by atoms with Crippen LogP contribution in [0, 0.1) is 0 Å². The van der Waals surface area contributed by atoms with Crippen molar-refractivity contribution in [1.82, 2.24) is 44.9 Å². The SMILES string of the molecule is CC(C)c1nn(C2CCN(C3(C)CCOCC3)CC2)cc1Nc1ncc(-c2ccc(Cl)c(O[C@@H](C)Cn3cnnn3)c2)cn1. The number of halogens is 1. The quantitative estimate of drug-likeness (QED) is 0.242. The lowest BCUT2D eigenvalue weighted by Crippen LogP contribution is -2.53. The third-order valence-electron chi connectivity index (χ3n) is 8.81. The van der Waals surface area contributed by atoms with Crippen LogP contribution in [0.5, 0.6) is 5.75 Å². The molecule has 1 atom stereocenters. The molecule has 44 heavy (non-hydrogen) atoms. The molecule has 12 nitrogen and oxygen atoms in total. The number of anilines is 2. The van der Waals surface area contributed by atoms with Gasteiger partial charge in [0.15, 0.2) is 0 Å². The predicted octanol–water partition coefficient (Wildman–Crippen LogP) is 5.52. The normalized spacial score (nSPS) is 18.4. The molecule has 0 spiro atoms. The van der Waals surface area contributed by atoms with Crippen LogP contribution in [0.4, 0.5) is 11.6 Å². The molecule has 2 aliphatic rings. The van der Waals surface area contributed by atoms with Crippen LogP contribution in [0.15, 0.2) is 43.1 Å². The zero-order chi connectivity index (χ0) is 30.7. The number of hydrogen-bond acceptors (Lipinski definition) is 10. The fourth-order valence-corrected chi connectivity index (χ4v) is 6.29. The van der Waals surface area contributed by atoms with Gasteiger partial charge >= 0.3 is 0 Å². The summed E-state index contributed by atoms with van der Waals surface area (Å²) in [5.74, 6) is 1.36. The maximum Gasteiger partial charge on any atom is 0.227 e. The molecule has 0 bridgehead atoms. The Morgan fingerprint density at radius 2 is 1.84 bits per heavy atom. The molecule has 0 unspecified atom stereocenters. The number of tetrazole rings is 1. The third-order valence-corrected chi connectivity index (χ3v) is 9.12. The number of hydrogen-bond donors (Lipinski definition) is 1. The van der Waals surface area contributed by atoms with Gasteiger partial charge in [-0.25, -0.2) is 14.6 Å². The van der Waals surface area contributed by atoms with E-state index in [4.69, 9.17) is 26.2 Å². The van der Waals surface area contributed by atoms with Crippen LogP contribution in [0.2, 0.25) is 5.02 Å². The van der Waals surface area contributed by atoms with Crippen LogP contribution in [0.1, 0.15) is 71.0 Å². The molecule has 3 aromatic heterocycles. The zero-order valence-electron chi connectivity index (χ0n) is 25.9. The minimum absolute atomic E-state index is 0.187. The maximum atomic E-state index is 6.44. The number of rotatable bonds is 10. The standard InChI is InChI=1S/C31H41ClN10O2/c1-21(2)29-27(19-42(37-29)25-7-11-40(12-8-25)31(4)9-13-43-14-10-31)36-30-33-16-24(17-34-30)23-5-6-26(32)28(15-23)44-22(3)18-41-20-35-38-39-41/h5-6,15-17,19-22,25H,7-14,18H2,1-4H3,(H,33,34,36)/t22-/m0/s1. The summed E-state index contributed by atoms with van der Waals surface area (Å²) < 4.78 is 15.5. The number of likely N-dealkylation sites (tertiary alicyclic amines) is 1. The summed E-state index contributed by atoms with van der Waals surface area (Å²) in [7, 11) is 0. The fourth-order valence-electron chi connectivity index (χ4n) is 6.13. The van der Waals surface area contributed by atoms with Crippen molar-refractivity contribution in [3.8, 4) is 16.9 Å². The Labute approximate surface area is 263 Å². The molecule has 1 aromatic carbocycles. The predicted molar refractivity (Wildman–Crippen MR) is 168 cm³/mol. The molecular weight excluding hydrogens is 580 g/mol. The minimum Gasteiger partial charge on any atom is -0.487 e. The smallest absolute Gasteiger partial charge is 0.227 e. The summed E-state index contributed by atoms with van der Waals surface area (Å²) in [5.41, 5.74) is 3.98. The lowest BCUT2D eigenvalue weighted by atomic mass is 9.88. The van der Waals surface area contributed by atoms with E-state index in [-0.39, 0.29) is 17.6 Å². The molecule has 2 fully saturated rings. The highest BCUT2D eigenvalue weighted by Gasteiger charge is 2.36. The highest BCUT2D eigenvalue weighted by atomic mass is 35.5. The molecule has 2 saturated heterocycles. The minimum atomic E-state index is -0.187. The summed E-state index contributed by atoms with van der Waals surface area (Å²) in [5, 5.41) is 20.2. The number of ether oxygens (including phenoxy) is 2. The Bertz CT molecular complexity index is 1510. The van der Waals surface area contributed by atoms with Crippen LogP contribution >= 0.6 is 11.6 Å². The Morgan fingerprint density at radius 3 is 2.52 bits per heavy atom. The number of aromatic nitrogens is 8. The van der Waals surface area contributed by atoms with Gasteiger partial charge in [-0.1, -0.05) is 31.5 Å². The summed E-state index contributed by atoms with van der Waals surface area (Å²) in [6.07, 6.45) is 11.5. The lowest BCUT2D eigenvalue weighted by molar-refractivity contribution is -0.0318. The first-order valence-corrected chi connectivity index (χ1v) is 15.8. The Morgan fingerprint density at radius 1 is 1.09 bits per heavy atom. The highest BCUT2D eigenvalue weighted by Crippen LogP contribution is 2.35. The van der Waals surface area contributed by atoms with Crippen LogP contribution in [-0.4, -0.2) is 82.8 Å². The van der Waals surface area contributed by atoms with Gasteiger partial charge in [0.25, 0.3) is 0 Å². The van der Waals surface area contributed by atoms with Crippen molar-refractivity contribution < 1.29 is 9.47 Å². The molecule has 0 amide bonds. The average molecular weight is 621 g/mol. The van der Waals surface area contributed by atoms with E-state index in [0.717, 1.165) is 74.5 Å². The molecule has 1 N–H and O–H groups in total. The molecule has 2 aliphatic heterocycles. The molecule has 0 saturated carbocycles. The number of nitrogens with zero attached hydrogens (tertiary/aromatic N) is 9. The van der Waals surface area contributed by atoms with Crippen molar-refractivity contribution in [3.63, 3.8) is 0 Å². The molecule has 6 rings (SSSR count). The maximum absolute atomic E-state index is 6.44. The molecule has 234 valence electrons. The van der Waals surface area contributed by atoms with E-state index < -0.39 is 0 Å². The van der Waals surface area contributed by atoms with E-state index in [1.807, 2.05) is 25.1 Å². The average Bonchev–Trinajstić information content (AvgIpc) is 3.69. The Hall–Kier alpha value is -3.61. The molecule has 0 radical (unpaired) electrons. The summed E-state index contributed by atoms with van der Waals surface area (Å²) in [6, 6.07) is 6.03. The Kier molecular flexibility index (Phi) is 9.11. The first-order chi connectivity index (χ1) is 21.3. The van der Waals surface area contributed by atoms with Gasteiger partial charge in [-0.05, 0) is 73.6 Å². The van der Waals surface area contributed by atoms with Gasteiger partial charge in [-0.15, -0.1) is 5.10 Å². The lowest BCUT2D eigenvalue weighted by Gasteiger charge is -2.47. The summed E-state index contributed by atoms with van der Waals surface area (Å²) in [4.78, 5) is 11.9. The first kappa shape index (κ1) is 30.4. The molecular formula is C31H41ClN10O2. The van der Waals surface area contributed by atoms with E-state index in [1.165, 1.54) is 0 Å². The van der Waals surface area contributed by atoms with Gasteiger partial charge in [0.05, 0.1) is 29.0 Å². The molecule has 13 heteroatoms. The summed E-state index contributed by atoms with van der Waals surface area (Å²) in [6.45, 7) is 13.1. The van der Waals surface area contributed by atoms with Crippen molar-refractivity contribution in [2.45, 2.75) is 83.5 Å². The topological polar surface area (TPSA) is 121 Å². The largest absolute Gasteiger partial charge is 0.487 e. The van der Waals surface area contributed by atoms with Gasteiger partial charge in [-0.2, -0.15) is 5.10 Å². The second kappa shape index (κ2) is 13.2. The monoisotopic (exact) mass is 620 g/mol. The van der Waals surface area contributed by atoms with Gasteiger partial charge in [0, 0.05) is 56.0 Å². The van der Waals surface area contributed by atoms with E-state index in [9.17, 15) is 0 Å². The second-order valence-electron chi connectivity index (χ2n) is 12.4. The number of piperidine rings is 1. The van der Waals surface area contributed by atoms with E-state index in [0.29, 0.717) is 29.3 Å². The van der Waals surface area contributed by atoms with Crippen LogP contribution < -0.4 is 10.1 Å². The van der Waals surface area contributed by atoms with Gasteiger partial charge in [-0.3, -0.25) is 9.58 Å². The Balaban J connectivity index is 1.11. The third kappa shape index (κ3) is 6.87. The van der Waals surface area contributed by atoms with Crippen LogP contribution in [0.3, 0.4) is 0 Å². The highest BCUT2D eigenvalue weighted by molar-refractivity contribution is 6.32. The van der Waals surface area contributed by atoms with Crippen molar-refractivity contribution in [3.05, 3.63) is 53.8 Å². The summed E-state index contributed by atoms with van der Waals surface area (Å²) >= 11 is 6.44. The van der Waals surface area contributed by atoms with Crippen LogP contribution in [0.25, 0.3) is 11.1 Å². The molecule has 5 heterocycles. The van der Waals surface area contributed by atoms with E-state index >= 15 is 0 Å². The second-order valence-corrected chi connectivity index (χ2v) is 12.8. The van der Waals surface area contributed by atoms with Crippen molar-refractivity contribution in [2.75, 3.05) is 31.6 Å². The fraction of sp³-hybridized carbons (Fsp3) is 0.548. The van der Waals surface area contributed by atoms with Gasteiger partial charge < -0.3 is 14.8 Å². The first-order valence-electron chi connectivity index (χ1n) is 15.5. The molecule has 4 aromatic rings. The number of benzene rings is 1. The van der Waals surface area contributed by atoms with Crippen LogP contribution in [-0.2, 0) is 11.3 Å².